The highest BCUT2D eigenvalue weighted by atomic mass is 79.9. The summed E-state index contributed by atoms with van der Waals surface area (Å²) in [5, 5.41) is 0. The van der Waals surface area contributed by atoms with Gasteiger partial charge in [0.15, 0.2) is 0 Å². The van der Waals surface area contributed by atoms with E-state index in [2.05, 4.69) is 15.9 Å². The quantitative estimate of drug-likeness (QED) is 0.876. The minimum Gasteiger partial charge on any atom is -0.493 e. The molecule has 0 amide bonds. The first kappa shape index (κ1) is 15.0. The monoisotopic (exact) mass is 337 g/mol. The van der Waals surface area contributed by atoms with Gasteiger partial charge in [-0.2, -0.15) is 0 Å². The SMILES string of the molecule is CCCOc1ccccc1C(N)c1c(F)cccc1Br. The Balaban J connectivity index is 2.40. The minimum atomic E-state index is -0.571. The van der Waals surface area contributed by atoms with Gasteiger partial charge < -0.3 is 10.5 Å². The number of hydrogen-bond acceptors (Lipinski definition) is 2. The van der Waals surface area contributed by atoms with Crippen LogP contribution >= 0.6 is 15.9 Å². The van der Waals surface area contributed by atoms with Gasteiger partial charge in [-0.05, 0) is 24.6 Å². The summed E-state index contributed by atoms with van der Waals surface area (Å²) < 4.78 is 20.4. The Morgan fingerprint density at radius 1 is 1.20 bits per heavy atom. The fourth-order valence-corrected chi connectivity index (χ4v) is 2.63. The molecule has 0 saturated heterocycles. The Morgan fingerprint density at radius 3 is 2.65 bits per heavy atom. The van der Waals surface area contributed by atoms with Crippen LogP contribution in [0.5, 0.6) is 5.75 Å². The van der Waals surface area contributed by atoms with Crippen LogP contribution in [0.1, 0.15) is 30.5 Å². The fourth-order valence-electron chi connectivity index (χ4n) is 2.04. The third kappa shape index (κ3) is 3.19. The Morgan fingerprint density at radius 2 is 1.95 bits per heavy atom. The van der Waals surface area contributed by atoms with Crippen LogP contribution in [-0.4, -0.2) is 6.61 Å². The van der Waals surface area contributed by atoms with Gasteiger partial charge >= 0.3 is 0 Å². The minimum absolute atomic E-state index is 0.322. The van der Waals surface area contributed by atoms with Crippen molar-refractivity contribution in [3.63, 3.8) is 0 Å². The molecule has 106 valence electrons. The molecule has 0 heterocycles. The standard InChI is InChI=1S/C16H17BrFNO/c1-2-10-20-14-9-4-3-6-11(14)16(19)15-12(17)7-5-8-13(15)18/h3-9,16H,2,10,19H2,1H3. The lowest BCUT2D eigenvalue weighted by Crippen LogP contribution is -2.16. The molecule has 2 nitrogen and oxygen atoms in total. The molecule has 0 fully saturated rings. The first-order valence-corrected chi connectivity index (χ1v) is 7.35. The van der Waals surface area contributed by atoms with Crippen LogP contribution in [0.3, 0.4) is 0 Å². The fraction of sp³-hybridized carbons (Fsp3) is 0.250. The highest BCUT2D eigenvalue weighted by molar-refractivity contribution is 9.10. The molecule has 2 aromatic rings. The number of hydrogen-bond donors (Lipinski definition) is 1. The molecule has 0 radical (unpaired) electrons. The molecule has 0 spiro atoms. The average Bonchev–Trinajstić information content (AvgIpc) is 2.45. The van der Waals surface area contributed by atoms with Crippen molar-refractivity contribution in [1.82, 2.24) is 0 Å². The summed E-state index contributed by atoms with van der Waals surface area (Å²) in [6.45, 7) is 2.65. The smallest absolute Gasteiger partial charge is 0.129 e. The van der Waals surface area contributed by atoms with Crippen molar-refractivity contribution in [2.45, 2.75) is 19.4 Å². The topological polar surface area (TPSA) is 35.2 Å². The summed E-state index contributed by atoms with van der Waals surface area (Å²) in [6.07, 6.45) is 0.910. The predicted molar refractivity (Wildman–Crippen MR) is 82.4 cm³/mol. The van der Waals surface area contributed by atoms with Crippen LogP contribution in [0.4, 0.5) is 4.39 Å². The largest absolute Gasteiger partial charge is 0.493 e. The molecule has 2 aromatic carbocycles. The molecule has 1 unspecified atom stereocenters. The second kappa shape index (κ2) is 6.86. The number of nitrogens with two attached hydrogens (primary N) is 1. The second-order valence-electron chi connectivity index (χ2n) is 4.50. The molecule has 2 rings (SSSR count). The predicted octanol–water partition coefficient (Wildman–Crippen LogP) is 4.43. The molecule has 0 aliphatic rings. The molecule has 20 heavy (non-hydrogen) atoms. The molecule has 2 N–H and O–H groups in total. The maximum Gasteiger partial charge on any atom is 0.129 e. The molecular weight excluding hydrogens is 321 g/mol. The van der Waals surface area contributed by atoms with Crippen molar-refractivity contribution in [1.29, 1.82) is 0 Å². The first-order chi connectivity index (χ1) is 9.65. The molecule has 4 heteroatoms. The molecule has 1 atom stereocenters. The normalized spacial score (nSPS) is 12.2. The van der Waals surface area contributed by atoms with Crippen molar-refractivity contribution >= 4 is 15.9 Å². The van der Waals surface area contributed by atoms with Gasteiger partial charge in [-0.25, -0.2) is 4.39 Å². The van der Waals surface area contributed by atoms with Crippen molar-refractivity contribution < 1.29 is 9.13 Å². The summed E-state index contributed by atoms with van der Waals surface area (Å²) in [5.74, 6) is 0.383. The number of benzene rings is 2. The Labute approximate surface area is 126 Å². The van der Waals surface area contributed by atoms with Crippen LogP contribution in [0.25, 0.3) is 0 Å². The van der Waals surface area contributed by atoms with E-state index in [0.717, 1.165) is 12.0 Å². The average molecular weight is 338 g/mol. The maximum atomic E-state index is 14.0. The van der Waals surface area contributed by atoms with Gasteiger partial charge in [0.25, 0.3) is 0 Å². The van der Waals surface area contributed by atoms with Crippen LogP contribution in [0.15, 0.2) is 46.9 Å². The lowest BCUT2D eigenvalue weighted by atomic mass is 9.98. The lowest BCUT2D eigenvalue weighted by molar-refractivity contribution is 0.313. The molecule has 0 aliphatic carbocycles. The van der Waals surface area contributed by atoms with E-state index in [1.165, 1.54) is 6.07 Å². The number of ether oxygens (including phenoxy) is 1. The van der Waals surface area contributed by atoms with E-state index in [4.69, 9.17) is 10.5 Å². The highest BCUT2D eigenvalue weighted by Crippen LogP contribution is 2.33. The van der Waals surface area contributed by atoms with Gasteiger partial charge in [-0.3, -0.25) is 0 Å². The van der Waals surface area contributed by atoms with Gasteiger partial charge in [0.05, 0.1) is 12.6 Å². The van der Waals surface area contributed by atoms with E-state index < -0.39 is 6.04 Å². The van der Waals surface area contributed by atoms with Crippen molar-refractivity contribution in [2.75, 3.05) is 6.61 Å². The van der Waals surface area contributed by atoms with Crippen LogP contribution in [0.2, 0.25) is 0 Å². The van der Waals surface area contributed by atoms with Crippen molar-refractivity contribution in [3.8, 4) is 5.75 Å². The Hall–Kier alpha value is -1.39. The van der Waals surface area contributed by atoms with E-state index in [-0.39, 0.29) is 5.82 Å². The zero-order valence-electron chi connectivity index (χ0n) is 11.3. The van der Waals surface area contributed by atoms with E-state index in [0.29, 0.717) is 22.4 Å². The van der Waals surface area contributed by atoms with Crippen LogP contribution < -0.4 is 10.5 Å². The van der Waals surface area contributed by atoms with E-state index >= 15 is 0 Å². The third-order valence-electron chi connectivity index (χ3n) is 3.03. The Bertz CT molecular complexity index is 568. The van der Waals surface area contributed by atoms with Gasteiger partial charge in [0.2, 0.25) is 0 Å². The highest BCUT2D eigenvalue weighted by Gasteiger charge is 2.19. The zero-order chi connectivity index (χ0) is 14.5. The molecule has 0 aromatic heterocycles. The molecular formula is C16H17BrFNO. The zero-order valence-corrected chi connectivity index (χ0v) is 12.9. The van der Waals surface area contributed by atoms with Crippen molar-refractivity contribution in [2.24, 2.45) is 5.73 Å². The van der Waals surface area contributed by atoms with Gasteiger partial charge in [0, 0.05) is 15.6 Å². The molecule has 0 saturated carbocycles. The molecule has 0 aliphatic heterocycles. The van der Waals surface area contributed by atoms with Crippen LogP contribution in [0, 0.1) is 5.82 Å². The van der Waals surface area contributed by atoms with E-state index in [1.54, 1.807) is 12.1 Å². The van der Waals surface area contributed by atoms with Gasteiger partial charge in [-0.15, -0.1) is 0 Å². The van der Waals surface area contributed by atoms with Crippen molar-refractivity contribution in [3.05, 3.63) is 63.9 Å². The first-order valence-electron chi connectivity index (χ1n) is 6.56. The van der Waals surface area contributed by atoms with E-state index in [9.17, 15) is 4.39 Å². The van der Waals surface area contributed by atoms with Crippen LogP contribution in [-0.2, 0) is 0 Å². The Kier molecular flexibility index (Phi) is 5.15. The molecule has 0 bridgehead atoms. The summed E-state index contributed by atoms with van der Waals surface area (Å²) in [6, 6.07) is 11.8. The maximum absolute atomic E-state index is 14.0. The number of rotatable bonds is 5. The summed E-state index contributed by atoms with van der Waals surface area (Å²) in [5.41, 5.74) is 7.47. The summed E-state index contributed by atoms with van der Waals surface area (Å²) in [7, 11) is 0. The van der Waals surface area contributed by atoms with Gasteiger partial charge in [0.1, 0.15) is 11.6 Å². The third-order valence-corrected chi connectivity index (χ3v) is 3.72. The second-order valence-corrected chi connectivity index (χ2v) is 5.35. The number of halogens is 2. The van der Waals surface area contributed by atoms with Gasteiger partial charge in [-0.1, -0.05) is 47.1 Å². The summed E-state index contributed by atoms with van der Waals surface area (Å²) >= 11 is 3.36. The summed E-state index contributed by atoms with van der Waals surface area (Å²) in [4.78, 5) is 0. The van der Waals surface area contributed by atoms with E-state index in [1.807, 2.05) is 31.2 Å². The number of para-hydroxylation sites is 1. The lowest BCUT2D eigenvalue weighted by Gasteiger charge is -2.18.